The molecule has 0 spiro atoms. The van der Waals surface area contributed by atoms with E-state index in [1.54, 1.807) is 0 Å². The maximum atomic E-state index is 3.98. The molecule has 18 heavy (non-hydrogen) atoms. The van der Waals surface area contributed by atoms with E-state index in [4.69, 9.17) is 0 Å². The van der Waals surface area contributed by atoms with Gasteiger partial charge in [0.05, 0.1) is 0 Å². The highest BCUT2D eigenvalue weighted by molar-refractivity contribution is 5.84. The van der Waals surface area contributed by atoms with Crippen LogP contribution in [0.3, 0.4) is 0 Å². The van der Waals surface area contributed by atoms with Crippen molar-refractivity contribution in [3.8, 4) is 11.8 Å². The molecular weight excluding hydrogens is 216 g/mol. The Morgan fingerprint density at radius 2 is 0.944 bits per heavy atom. The van der Waals surface area contributed by atoms with Gasteiger partial charge in [-0.25, -0.2) is 0 Å². The molecule has 2 aromatic rings. The molecule has 0 saturated carbocycles. The lowest BCUT2D eigenvalue weighted by molar-refractivity contribution is 1.63. The average molecular weight is 230 g/mol. The van der Waals surface area contributed by atoms with Gasteiger partial charge in [0.15, 0.2) is 0 Å². The maximum Gasteiger partial charge on any atom is 0.0249 e. The van der Waals surface area contributed by atoms with Gasteiger partial charge in [0, 0.05) is 11.1 Å². The summed E-state index contributed by atoms with van der Waals surface area (Å²) in [5.74, 6) is 6.11. The second kappa shape index (κ2) is 5.70. The fourth-order valence-electron chi connectivity index (χ4n) is 1.57. The van der Waals surface area contributed by atoms with Crippen molar-refractivity contribution in [3.05, 3.63) is 84.9 Å². The van der Waals surface area contributed by atoms with E-state index in [9.17, 15) is 0 Å². The zero-order valence-electron chi connectivity index (χ0n) is 10.2. The largest absolute Gasteiger partial charge is 0.0827 e. The van der Waals surface area contributed by atoms with Crippen molar-refractivity contribution in [3.63, 3.8) is 0 Å². The highest BCUT2D eigenvalue weighted by Crippen LogP contribution is 2.13. The summed E-state index contributed by atoms with van der Waals surface area (Å²) in [4.78, 5) is 0. The number of allylic oxidation sites excluding steroid dienone is 2. The molecule has 0 radical (unpaired) electrons. The first-order valence-corrected chi connectivity index (χ1v) is 5.78. The zero-order chi connectivity index (χ0) is 12.8. The molecule has 0 bridgehead atoms. The third kappa shape index (κ3) is 2.99. The van der Waals surface area contributed by atoms with Crippen LogP contribution in [0.1, 0.15) is 11.1 Å². The van der Waals surface area contributed by atoms with E-state index in [0.717, 1.165) is 22.3 Å². The monoisotopic (exact) mass is 230 g/mol. The molecule has 0 aliphatic carbocycles. The van der Waals surface area contributed by atoms with Crippen LogP contribution in [-0.4, -0.2) is 0 Å². The van der Waals surface area contributed by atoms with E-state index < -0.39 is 0 Å². The molecule has 0 atom stereocenters. The molecule has 2 aromatic carbocycles. The van der Waals surface area contributed by atoms with Crippen LogP contribution in [0, 0.1) is 11.8 Å². The average Bonchev–Trinajstić information content (AvgIpc) is 2.46. The topological polar surface area (TPSA) is 0 Å². The molecule has 0 N–H and O–H groups in total. The molecule has 0 saturated heterocycles. The van der Waals surface area contributed by atoms with Gasteiger partial charge in [-0.3, -0.25) is 0 Å². The Balaban J connectivity index is 2.14. The van der Waals surface area contributed by atoms with Crippen molar-refractivity contribution in [2.24, 2.45) is 0 Å². The summed E-state index contributed by atoms with van der Waals surface area (Å²) in [6, 6.07) is 19.9. The Morgan fingerprint density at radius 3 is 1.28 bits per heavy atom. The number of benzene rings is 2. The van der Waals surface area contributed by atoms with E-state index in [-0.39, 0.29) is 0 Å². The van der Waals surface area contributed by atoms with E-state index in [2.05, 4.69) is 25.0 Å². The molecule has 0 aromatic heterocycles. The lowest BCUT2D eigenvalue weighted by Crippen LogP contribution is -1.80. The molecule has 0 unspecified atom stereocenters. The van der Waals surface area contributed by atoms with Crippen molar-refractivity contribution in [2.75, 3.05) is 0 Å². The van der Waals surface area contributed by atoms with Crippen LogP contribution in [0.5, 0.6) is 0 Å². The van der Waals surface area contributed by atoms with E-state index in [1.807, 2.05) is 60.7 Å². The van der Waals surface area contributed by atoms with Crippen molar-refractivity contribution >= 4 is 11.1 Å². The van der Waals surface area contributed by atoms with Crippen LogP contribution in [0.15, 0.2) is 73.8 Å². The first kappa shape index (κ1) is 12.0. The lowest BCUT2D eigenvalue weighted by Gasteiger charge is -1.98. The summed E-state index contributed by atoms with van der Waals surface area (Å²) in [6.07, 6.45) is 0. The summed E-state index contributed by atoms with van der Waals surface area (Å²) in [6.45, 7) is 7.95. The number of rotatable bonds is 2. The fourth-order valence-corrected chi connectivity index (χ4v) is 1.57. The van der Waals surface area contributed by atoms with Crippen LogP contribution in [0.25, 0.3) is 11.1 Å². The summed E-state index contributed by atoms with van der Waals surface area (Å²) in [7, 11) is 0. The highest BCUT2D eigenvalue weighted by Gasteiger charge is 1.95. The maximum absolute atomic E-state index is 3.98. The first-order valence-electron chi connectivity index (χ1n) is 5.78. The highest BCUT2D eigenvalue weighted by atomic mass is 14.0. The van der Waals surface area contributed by atoms with Crippen LogP contribution in [-0.2, 0) is 0 Å². The van der Waals surface area contributed by atoms with Gasteiger partial charge in [-0.15, -0.1) is 0 Å². The summed E-state index contributed by atoms with van der Waals surface area (Å²) < 4.78 is 0. The Hall–Kier alpha value is -2.52. The minimum atomic E-state index is 0.813. The predicted octanol–water partition coefficient (Wildman–Crippen LogP) is 4.42. The van der Waals surface area contributed by atoms with Gasteiger partial charge in [-0.05, 0) is 11.1 Å². The van der Waals surface area contributed by atoms with Crippen LogP contribution in [0.2, 0.25) is 0 Å². The molecule has 0 fully saturated rings. The summed E-state index contributed by atoms with van der Waals surface area (Å²) in [5.41, 5.74) is 3.72. The van der Waals surface area contributed by atoms with Gasteiger partial charge in [-0.1, -0.05) is 85.7 Å². The Bertz CT molecular complexity index is 552. The van der Waals surface area contributed by atoms with Crippen molar-refractivity contribution in [1.82, 2.24) is 0 Å². The van der Waals surface area contributed by atoms with Crippen molar-refractivity contribution in [1.29, 1.82) is 0 Å². The Labute approximate surface area is 108 Å². The second-order valence-corrected chi connectivity index (χ2v) is 3.94. The second-order valence-electron chi connectivity index (χ2n) is 3.94. The molecule has 0 heterocycles. The quantitative estimate of drug-likeness (QED) is 0.670. The summed E-state index contributed by atoms with van der Waals surface area (Å²) in [5, 5.41) is 0. The molecule has 0 amide bonds. The smallest absolute Gasteiger partial charge is 0.0249 e. The van der Waals surface area contributed by atoms with E-state index in [1.165, 1.54) is 0 Å². The van der Waals surface area contributed by atoms with E-state index >= 15 is 0 Å². The molecule has 0 aliphatic rings. The first-order chi connectivity index (χ1) is 8.77. The van der Waals surface area contributed by atoms with Gasteiger partial charge < -0.3 is 0 Å². The normalized spacial score (nSPS) is 9.11. The van der Waals surface area contributed by atoms with Crippen molar-refractivity contribution in [2.45, 2.75) is 0 Å². The minimum absolute atomic E-state index is 0.813. The van der Waals surface area contributed by atoms with Gasteiger partial charge in [0.25, 0.3) is 0 Å². The standard InChI is InChI=1S/C18H14/c1-15(17-9-5-3-6-10-17)13-14-16(2)18-11-7-4-8-12-18/h3-12H,1-2H2. The van der Waals surface area contributed by atoms with E-state index in [0.29, 0.717) is 0 Å². The van der Waals surface area contributed by atoms with Crippen molar-refractivity contribution < 1.29 is 0 Å². The molecular formula is C18H14. The van der Waals surface area contributed by atoms with Gasteiger partial charge in [-0.2, -0.15) is 0 Å². The fraction of sp³-hybridized carbons (Fsp3) is 0. The minimum Gasteiger partial charge on any atom is -0.0827 e. The number of hydrogen-bond donors (Lipinski definition) is 0. The molecule has 0 aliphatic heterocycles. The Morgan fingerprint density at radius 1 is 0.611 bits per heavy atom. The molecule has 0 nitrogen and oxygen atoms in total. The molecule has 2 rings (SSSR count). The van der Waals surface area contributed by atoms with Gasteiger partial charge in [0.2, 0.25) is 0 Å². The molecule has 0 heteroatoms. The third-order valence-electron chi connectivity index (χ3n) is 2.61. The van der Waals surface area contributed by atoms with Gasteiger partial charge >= 0.3 is 0 Å². The molecule has 86 valence electrons. The summed E-state index contributed by atoms with van der Waals surface area (Å²) >= 11 is 0. The zero-order valence-corrected chi connectivity index (χ0v) is 10.2. The SMILES string of the molecule is C=C(C#CC(=C)c1ccccc1)c1ccccc1. The third-order valence-corrected chi connectivity index (χ3v) is 2.61. The van der Waals surface area contributed by atoms with Crippen LogP contribution >= 0.6 is 0 Å². The lowest BCUT2D eigenvalue weighted by atomic mass is 10.1. The van der Waals surface area contributed by atoms with Gasteiger partial charge in [0.1, 0.15) is 0 Å². The van der Waals surface area contributed by atoms with Crippen LogP contribution in [0.4, 0.5) is 0 Å². The Kier molecular flexibility index (Phi) is 3.79. The van der Waals surface area contributed by atoms with Crippen LogP contribution < -0.4 is 0 Å². The predicted molar refractivity (Wildman–Crippen MR) is 78.7 cm³/mol. The number of hydrogen-bond acceptors (Lipinski definition) is 0.